The molecule has 0 aliphatic carbocycles. The van der Waals surface area contributed by atoms with E-state index in [1.165, 1.54) is 0 Å². The second-order valence-electron chi connectivity index (χ2n) is 7.47. The first kappa shape index (κ1) is 23.8. The highest BCUT2D eigenvalue weighted by atomic mass is 16.7. The summed E-state index contributed by atoms with van der Waals surface area (Å²) in [5, 5.41) is 59.6. The Balaban J connectivity index is 1.65. The van der Waals surface area contributed by atoms with Crippen LogP contribution < -0.4 is 10.5 Å². The topological polar surface area (TPSA) is 184 Å². The zero-order valence-corrected chi connectivity index (χ0v) is 16.9. The van der Waals surface area contributed by atoms with Gasteiger partial charge in [-0.1, -0.05) is 0 Å². The Bertz CT molecular complexity index is 750. The highest BCUT2D eigenvalue weighted by Gasteiger charge is 2.47. The lowest BCUT2D eigenvalue weighted by molar-refractivity contribution is -0.379. The average Bonchev–Trinajstić information content (AvgIpc) is 2.75. The first-order chi connectivity index (χ1) is 14.8. The Hall–Kier alpha value is -1.87. The van der Waals surface area contributed by atoms with E-state index in [2.05, 4.69) is 10.5 Å². The van der Waals surface area contributed by atoms with Crippen molar-refractivity contribution in [1.82, 2.24) is 5.48 Å². The van der Waals surface area contributed by atoms with Gasteiger partial charge in [-0.05, 0) is 13.0 Å². The lowest BCUT2D eigenvalue weighted by Crippen LogP contribution is -2.63. The molecule has 1 fully saturated rings. The van der Waals surface area contributed by atoms with Gasteiger partial charge in [0.05, 0.1) is 19.8 Å². The van der Waals surface area contributed by atoms with E-state index in [-0.39, 0.29) is 12.6 Å². The van der Waals surface area contributed by atoms with Crippen LogP contribution in [0.1, 0.15) is 11.1 Å². The number of hydrogen-bond acceptors (Lipinski definition) is 11. The minimum absolute atomic E-state index is 0.138. The first-order valence-electron chi connectivity index (χ1n) is 9.82. The van der Waals surface area contributed by atoms with E-state index in [0.29, 0.717) is 0 Å². The monoisotopic (exact) mass is 445 g/mol. The minimum atomic E-state index is -1.47. The van der Waals surface area contributed by atoms with Gasteiger partial charge in [0.1, 0.15) is 30.5 Å². The number of hydrogen-bond donors (Lipinski definition) is 7. The van der Waals surface area contributed by atoms with Gasteiger partial charge in [0, 0.05) is 17.2 Å². The third kappa shape index (κ3) is 5.68. The quantitative estimate of drug-likeness (QED) is 0.198. The summed E-state index contributed by atoms with van der Waals surface area (Å²) in [6.45, 7) is 0.889. The average molecular weight is 445 g/mol. The zero-order chi connectivity index (χ0) is 22.5. The zero-order valence-electron chi connectivity index (χ0n) is 16.9. The van der Waals surface area contributed by atoms with Crippen molar-refractivity contribution in [2.75, 3.05) is 13.2 Å². The number of aryl methyl sites for hydroxylation is 1. The highest BCUT2D eigenvalue weighted by Crippen LogP contribution is 2.27. The number of rotatable bonds is 8. The Morgan fingerprint density at radius 2 is 1.77 bits per heavy atom. The summed E-state index contributed by atoms with van der Waals surface area (Å²) in [5.41, 5.74) is 4.38. The van der Waals surface area contributed by atoms with Gasteiger partial charge < -0.3 is 44.8 Å². The van der Waals surface area contributed by atoms with Crippen molar-refractivity contribution in [2.45, 2.75) is 62.5 Å². The summed E-state index contributed by atoms with van der Waals surface area (Å²) < 4.78 is 16.2. The highest BCUT2D eigenvalue weighted by molar-refractivity contribution is 5.12. The number of H-pyrrole nitrogens is 1. The first-order valence-corrected chi connectivity index (χ1v) is 9.82. The molecule has 3 heterocycles. The molecule has 0 aromatic carbocycles. The molecule has 3 rings (SSSR count). The molecule has 1 aromatic heterocycles. The molecule has 0 spiro atoms. The third-order valence-electron chi connectivity index (χ3n) is 5.03. The largest absolute Gasteiger partial charge is 0.457 e. The molecule has 0 bridgehead atoms. The summed E-state index contributed by atoms with van der Waals surface area (Å²) in [6, 6.07) is 1.90. The van der Waals surface area contributed by atoms with Crippen LogP contribution in [-0.4, -0.2) is 92.8 Å². The Morgan fingerprint density at radius 3 is 2.45 bits per heavy atom. The number of ether oxygens (including phenoxy) is 3. The second-order valence-corrected chi connectivity index (χ2v) is 7.47. The van der Waals surface area contributed by atoms with Crippen molar-refractivity contribution in [2.24, 2.45) is 0 Å². The van der Waals surface area contributed by atoms with Crippen LogP contribution in [0, 0.1) is 6.92 Å². The number of pyridine rings is 1. The molecule has 5 unspecified atom stereocenters. The van der Waals surface area contributed by atoms with Gasteiger partial charge in [-0.25, -0.2) is 4.98 Å². The Morgan fingerprint density at radius 1 is 1.03 bits per heavy atom. The van der Waals surface area contributed by atoms with Crippen molar-refractivity contribution in [3.63, 3.8) is 0 Å². The molecule has 2 aliphatic rings. The summed E-state index contributed by atoms with van der Waals surface area (Å²) in [6.07, 6.45) is -5.85. The molecule has 1 saturated heterocycles. The molecule has 1 aromatic rings. The van der Waals surface area contributed by atoms with E-state index >= 15 is 0 Å². The van der Waals surface area contributed by atoms with Gasteiger partial charge >= 0.3 is 0 Å². The van der Waals surface area contributed by atoms with Gasteiger partial charge in [-0.15, -0.1) is 0 Å². The lowest BCUT2D eigenvalue weighted by Gasteiger charge is -2.42. The van der Waals surface area contributed by atoms with Crippen molar-refractivity contribution >= 4 is 0 Å². The minimum Gasteiger partial charge on any atom is -0.457 e. The molecule has 0 saturated carbocycles. The van der Waals surface area contributed by atoms with Crippen LogP contribution in [0.5, 0.6) is 0 Å². The molecule has 174 valence electrons. The molecule has 0 amide bonds. The number of aliphatic hydroxyl groups is 6. The van der Waals surface area contributed by atoms with Crippen LogP contribution in [0.3, 0.4) is 0 Å². The van der Waals surface area contributed by atoms with E-state index < -0.39 is 62.2 Å². The fourth-order valence-corrected chi connectivity index (χ4v) is 3.33. The summed E-state index contributed by atoms with van der Waals surface area (Å²) in [4.78, 5) is 8.36. The van der Waals surface area contributed by atoms with E-state index in [1.54, 1.807) is 6.20 Å². The molecular formula is C19H29N2O10+. The van der Waals surface area contributed by atoms with E-state index in [0.717, 1.165) is 17.2 Å². The Labute approximate surface area is 178 Å². The van der Waals surface area contributed by atoms with Crippen molar-refractivity contribution in [3.05, 3.63) is 41.6 Å². The van der Waals surface area contributed by atoms with Crippen LogP contribution in [0.15, 0.2) is 30.5 Å². The normalized spacial score (nSPS) is 35.9. The molecular weight excluding hydrogens is 416 g/mol. The number of aromatic amines is 1. The lowest BCUT2D eigenvalue weighted by atomic mass is 9.98. The predicted octanol–water partition coefficient (Wildman–Crippen LogP) is -3.39. The SMILES string of the molecule is Cc1c[nH+]cc(CON[C@@H]2OC(CO)[C@@H](O)[C@@H](OC3=CC(O)C(O)C(CO)O3)C2O)c1. The molecule has 12 heteroatoms. The fourth-order valence-electron chi connectivity index (χ4n) is 3.33. The van der Waals surface area contributed by atoms with Gasteiger partial charge in [-0.3, -0.25) is 4.84 Å². The van der Waals surface area contributed by atoms with Crippen LogP contribution in [0.25, 0.3) is 0 Å². The molecule has 8 atom stereocenters. The smallest absolute Gasteiger partial charge is 0.278 e. The number of aliphatic hydroxyl groups excluding tert-OH is 6. The van der Waals surface area contributed by atoms with Crippen LogP contribution in [0.2, 0.25) is 0 Å². The second kappa shape index (κ2) is 10.6. The van der Waals surface area contributed by atoms with E-state index in [9.17, 15) is 30.6 Å². The molecule has 2 aliphatic heterocycles. The molecule has 31 heavy (non-hydrogen) atoms. The van der Waals surface area contributed by atoms with Gasteiger partial charge in [0.2, 0.25) is 0 Å². The Kier molecular flexibility index (Phi) is 8.16. The number of nitrogens with one attached hydrogen (secondary N) is 2. The molecule has 12 nitrogen and oxygen atoms in total. The molecule has 8 N–H and O–H groups in total. The van der Waals surface area contributed by atoms with Crippen LogP contribution in [0.4, 0.5) is 0 Å². The summed E-state index contributed by atoms with van der Waals surface area (Å²) in [5.74, 6) is -0.298. The van der Waals surface area contributed by atoms with Crippen molar-refractivity contribution in [3.8, 4) is 0 Å². The maximum Gasteiger partial charge on any atom is 0.278 e. The fraction of sp³-hybridized carbons (Fsp3) is 0.632. The van der Waals surface area contributed by atoms with Crippen LogP contribution in [-0.2, 0) is 25.7 Å². The number of aromatic nitrogens is 1. The maximum atomic E-state index is 10.6. The summed E-state index contributed by atoms with van der Waals surface area (Å²) >= 11 is 0. The maximum absolute atomic E-state index is 10.6. The van der Waals surface area contributed by atoms with E-state index in [4.69, 9.17) is 19.0 Å². The van der Waals surface area contributed by atoms with Crippen molar-refractivity contribution < 1.29 is 54.7 Å². The molecule has 0 radical (unpaired) electrons. The third-order valence-corrected chi connectivity index (χ3v) is 5.03. The van der Waals surface area contributed by atoms with E-state index in [1.807, 2.05) is 19.2 Å². The van der Waals surface area contributed by atoms with Gasteiger partial charge in [0.15, 0.2) is 30.8 Å². The number of hydroxylamine groups is 1. The summed E-state index contributed by atoms with van der Waals surface area (Å²) in [7, 11) is 0. The standard InChI is InChI=1S/C19H28N2O10/c1-9-2-10(5-20-4-9)8-28-21-19-17(27)18(16(26)13(7-23)30-19)31-14-3-11(24)15(25)12(6-22)29-14/h2-5,11-13,15-19,21-27H,6-8H2,1H3/p+1/t11?,12?,13?,15?,16-,17?,18-,19-/m1/s1. The van der Waals surface area contributed by atoms with Crippen molar-refractivity contribution in [1.29, 1.82) is 0 Å². The van der Waals surface area contributed by atoms with Gasteiger partial charge in [-0.2, -0.15) is 5.48 Å². The van der Waals surface area contributed by atoms with Crippen LogP contribution >= 0.6 is 0 Å². The predicted molar refractivity (Wildman–Crippen MR) is 100 cm³/mol. The van der Waals surface area contributed by atoms with Gasteiger partial charge in [0.25, 0.3) is 5.95 Å².